The second-order valence-corrected chi connectivity index (χ2v) is 6.87. The Balaban J connectivity index is 2.00. The fraction of sp³-hybridized carbons (Fsp3) is 0.526. The summed E-state index contributed by atoms with van der Waals surface area (Å²) in [6, 6.07) is 5.05. The van der Waals surface area contributed by atoms with Crippen LogP contribution in [0.3, 0.4) is 0 Å². The van der Waals surface area contributed by atoms with Crippen molar-refractivity contribution < 1.29 is 19.0 Å². The van der Waals surface area contributed by atoms with Crippen molar-refractivity contribution in [1.29, 1.82) is 0 Å². The van der Waals surface area contributed by atoms with Gasteiger partial charge in [-0.3, -0.25) is 0 Å². The number of allylic oxidation sites excluding steroid dienone is 2. The third-order valence-electron chi connectivity index (χ3n) is 4.67. The Morgan fingerprint density at radius 1 is 1.17 bits per heavy atom. The number of esters is 1. The van der Waals surface area contributed by atoms with Crippen LogP contribution in [0.2, 0.25) is 0 Å². The predicted molar refractivity (Wildman–Crippen MR) is 90.0 cm³/mol. The molecule has 2 rings (SSSR count). The number of hydrogen-bond donors (Lipinski definition) is 0. The fourth-order valence-corrected chi connectivity index (χ4v) is 3.01. The summed E-state index contributed by atoms with van der Waals surface area (Å²) in [6.07, 6.45) is 2.27. The van der Waals surface area contributed by atoms with Crippen LogP contribution in [0.1, 0.15) is 38.1 Å². The van der Waals surface area contributed by atoms with Gasteiger partial charge in [-0.1, -0.05) is 25.5 Å². The van der Waals surface area contributed by atoms with Gasteiger partial charge in [0.25, 0.3) is 0 Å². The highest BCUT2D eigenvalue weighted by atomic mass is 16.5. The first kappa shape index (κ1) is 17.4. The largest absolute Gasteiger partial charge is 0.493 e. The van der Waals surface area contributed by atoms with Gasteiger partial charge >= 0.3 is 5.97 Å². The Bertz CT molecular complexity index is 612. The van der Waals surface area contributed by atoms with E-state index in [0.717, 1.165) is 0 Å². The second-order valence-electron chi connectivity index (χ2n) is 6.87. The maximum absolute atomic E-state index is 12.3. The lowest BCUT2D eigenvalue weighted by Crippen LogP contribution is -2.10. The Labute approximate surface area is 138 Å². The second kappa shape index (κ2) is 6.65. The molecule has 1 fully saturated rings. The van der Waals surface area contributed by atoms with Gasteiger partial charge in [0, 0.05) is 5.92 Å². The number of carbonyl (C=O) groups excluding carboxylic acids is 1. The molecular formula is C19H26O4. The van der Waals surface area contributed by atoms with Crippen molar-refractivity contribution >= 4 is 5.97 Å². The summed E-state index contributed by atoms with van der Waals surface area (Å²) < 4.78 is 15.9. The Kier molecular flexibility index (Phi) is 5.03. The average Bonchev–Trinajstić information content (AvgIpc) is 3.02. The van der Waals surface area contributed by atoms with Gasteiger partial charge in [0.1, 0.15) is 0 Å². The van der Waals surface area contributed by atoms with Crippen molar-refractivity contribution in [2.45, 2.75) is 27.7 Å². The van der Waals surface area contributed by atoms with Gasteiger partial charge in [0.2, 0.25) is 0 Å². The Hall–Kier alpha value is -1.97. The zero-order valence-electron chi connectivity index (χ0n) is 14.8. The van der Waals surface area contributed by atoms with Crippen LogP contribution in [0.15, 0.2) is 29.8 Å². The molecule has 0 radical (unpaired) electrons. The first-order chi connectivity index (χ1) is 10.8. The number of carbonyl (C=O) groups is 1. The van der Waals surface area contributed by atoms with E-state index in [0.29, 0.717) is 35.5 Å². The van der Waals surface area contributed by atoms with Gasteiger partial charge in [0.15, 0.2) is 11.5 Å². The van der Waals surface area contributed by atoms with Crippen LogP contribution in [0.4, 0.5) is 0 Å². The lowest BCUT2D eigenvalue weighted by molar-refractivity contribution is 0.0470. The summed E-state index contributed by atoms with van der Waals surface area (Å²) >= 11 is 0. The van der Waals surface area contributed by atoms with Crippen molar-refractivity contribution in [3.8, 4) is 11.5 Å². The highest BCUT2D eigenvalue weighted by Crippen LogP contribution is 2.59. The summed E-state index contributed by atoms with van der Waals surface area (Å²) in [5, 5.41) is 0. The lowest BCUT2D eigenvalue weighted by Gasteiger charge is -2.10. The van der Waals surface area contributed by atoms with E-state index < -0.39 is 0 Å². The molecule has 1 aliphatic carbocycles. The topological polar surface area (TPSA) is 44.8 Å². The molecule has 0 bridgehead atoms. The molecule has 2 atom stereocenters. The van der Waals surface area contributed by atoms with E-state index in [2.05, 4.69) is 33.8 Å². The molecular weight excluding hydrogens is 292 g/mol. The van der Waals surface area contributed by atoms with Crippen molar-refractivity contribution in [3.05, 3.63) is 35.4 Å². The van der Waals surface area contributed by atoms with Gasteiger partial charge < -0.3 is 14.2 Å². The number of methoxy groups -OCH3 is 2. The molecule has 1 saturated carbocycles. The molecule has 1 aliphatic rings. The van der Waals surface area contributed by atoms with Crippen LogP contribution in [-0.2, 0) is 4.74 Å². The van der Waals surface area contributed by atoms with Gasteiger partial charge in [-0.2, -0.15) is 0 Å². The van der Waals surface area contributed by atoms with Gasteiger partial charge in [-0.05, 0) is 43.4 Å². The SMILES string of the molecule is COc1ccc(C(=O)OCC2C(C=C(C)C)C2(C)C)cc1OC. The van der Waals surface area contributed by atoms with E-state index in [1.54, 1.807) is 32.4 Å². The number of benzene rings is 1. The molecule has 0 heterocycles. The maximum atomic E-state index is 12.3. The minimum atomic E-state index is -0.329. The summed E-state index contributed by atoms with van der Waals surface area (Å²) in [7, 11) is 3.11. The number of ether oxygens (including phenoxy) is 3. The number of rotatable bonds is 6. The molecule has 0 aromatic heterocycles. The monoisotopic (exact) mass is 318 g/mol. The fourth-order valence-electron chi connectivity index (χ4n) is 3.01. The van der Waals surface area contributed by atoms with E-state index in [-0.39, 0.29) is 11.4 Å². The van der Waals surface area contributed by atoms with E-state index in [4.69, 9.17) is 14.2 Å². The Morgan fingerprint density at radius 3 is 2.39 bits per heavy atom. The van der Waals surface area contributed by atoms with Crippen molar-refractivity contribution in [2.75, 3.05) is 20.8 Å². The molecule has 1 aromatic carbocycles. The van der Waals surface area contributed by atoms with Crippen LogP contribution in [0, 0.1) is 17.3 Å². The molecule has 0 aliphatic heterocycles. The predicted octanol–water partition coefficient (Wildman–Crippen LogP) is 4.10. The highest BCUT2D eigenvalue weighted by Gasteiger charge is 2.56. The van der Waals surface area contributed by atoms with E-state index in [9.17, 15) is 4.79 Å². The summed E-state index contributed by atoms with van der Waals surface area (Å²) in [5.41, 5.74) is 1.96. The molecule has 23 heavy (non-hydrogen) atoms. The summed E-state index contributed by atoms with van der Waals surface area (Å²) in [6.45, 7) is 9.06. The van der Waals surface area contributed by atoms with Crippen molar-refractivity contribution in [3.63, 3.8) is 0 Å². The van der Waals surface area contributed by atoms with Gasteiger partial charge in [0.05, 0.1) is 26.4 Å². The van der Waals surface area contributed by atoms with Gasteiger partial charge in [-0.25, -0.2) is 4.79 Å². The van der Waals surface area contributed by atoms with E-state index >= 15 is 0 Å². The molecule has 4 nitrogen and oxygen atoms in total. The van der Waals surface area contributed by atoms with Crippen LogP contribution in [-0.4, -0.2) is 26.8 Å². The summed E-state index contributed by atoms with van der Waals surface area (Å²) in [5.74, 6) is 1.64. The number of hydrogen-bond acceptors (Lipinski definition) is 4. The smallest absolute Gasteiger partial charge is 0.338 e. The first-order valence-corrected chi connectivity index (χ1v) is 7.85. The van der Waals surface area contributed by atoms with Crippen LogP contribution in [0.25, 0.3) is 0 Å². The van der Waals surface area contributed by atoms with Crippen molar-refractivity contribution in [1.82, 2.24) is 0 Å². The van der Waals surface area contributed by atoms with E-state index in [1.165, 1.54) is 5.57 Å². The van der Waals surface area contributed by atoms with Crippen LogP contribution >= 0.6 is 0 Å². The third kappa shape index (κ3) is 3.69. The Morgan fingerprint density at radius 2 is 1.83 bits per heavy atom. The van der Waals surface area contributed by atoms with Crippen molar-refractivity contribution in [2.24, 2.45) is 17.3 Å². The molecule has 0 spiro atoms. The zero-order valence-corrected chi connectivity index (χ0v) is 14.8. The zero-order chi connectivity index (χ0) is 17.2. The van der Waals surface area contributed by atoms with Crippen LogP contribution < -0.4 is 9.47 Å². The molecule has 4 heteroatoms. The molecule has 1 aromatic rings. The highest BCUT2D eigenvalue weighted by molar-refractivity contribution is 5.90. The van der Waals surface area contributed by atoms with Crippen LogP contribution in [0.5, 0.6) is 11.5 Å². The van der Waals surface area contributed by atoms with E-state index in [1.807, 2.05) is 0 Å². The minimum Gasteiger partial charge on any atom is -0.493 e. The lowest BCUT2D eigenvalue weighted by atomic mass is 10.1. The minimum absolute atomic E-state index is 0.190. The molecule has 0 saturated heterocycles. The summed E-state index contributed by atoms with van der Waals surface area (Å²) in [4.78, 5) is 12.3. The molecule has 126 valence electrons. The molecule has 2 unspecified atom stereocenters. The van der Waals surface area contributed by atoms with Gasteiger partial charge in [-0.15, -0.1) is 0 Å². The normalized spacial score (nSPS) is 21.3. The molecule has 0 amide bonds. The quantitative estimate of drug-likeness (QED) is 0.585. The average molecular weight is 318 g/mol. The molecule has 0 N–H and O–H groups in total. The third-order valence-corrected chi connectivity index (χ3v) is 4.67. The first-order valence-electron chi connectivity index (χ1n) is 7.85. The maximum Gasteiger partial charge on any atom is 0.338 e. The standard InChI is InChI=1S/C19H26O4/c1-12(2)9-14-15(19(14,3)4)11-23-18(20)13-7-8-16(21-5)17(10-13)22-6/h7-10,14-15H,11H2,1-6H3.